The van der Waals surface area contributed by atoms with Gasteiger partial charge in [0.15, 0.2) is 6.29 Å². The van der Waals surface area contributed by atoms with E-state index >= 15 is 0 Å². The number of phenols is 1. The van der Waals surface area contributed by atoms with Gasteiger partial charge in [-0.2, -0.15) is 0 Å². The number of ether oxygens (including phenoxy) is 3. The number of rotatable bonds is 7. The molecule has 2 aromatic rings. The average Bonchev–Trinajstić information content (AvgIpc) is 3.02. The van der Waals surface area contributed by atoms with Crippen LogP contribution in [0.25, 0.3) is 5.70 Å². The van der Waals surface area contributed by atoms with E-state index in [-0.39, 0.29) is 42.0 Å². The Labute approximate surface area is 253 Å². The highest BCUT2D eigenvalue weighted by atomic mass is 16.7. The van der Waals surface area contributed by atoms with Crippen LogP contribution in [0.1, 0.15) is 47.9 Å². The number of nitrogens with zero attached hydrogens (tertiary/aromatic N) is 3. The fourth-order valence-corrected chi connectivity index (χ4v) is 5.80. The normalized spacial score (nSPS) is 24.1. The summed E-state index contributed by atoms with van der Waals surface area (Å²) in [5.41, 5.74) is 21.7. The molecule has 3 aliphatic heterocycles. The smallest absolute Gasteiger partial charge is 0.253 e. The molecule has 3 aliphatic rings. The maximum Gasteiger partial charge on any atom is 0.253 e. The Morgan fingerprint density at radius 1 is 0.977 bits per heavy atom. The third-order valence-electron chi connectivity index (χ3n) is 8.52. The number of carbonyl (C=O) groups is 1. The fourth-order valence-electron chi connectivity index (χ4n) is 5.80. The van der Waals surface area contributed by atoms with Crippen molar-refractivity contribution in [1.29, 1.82) is 0 Å². The van der Waals surface area contributed by atoms with Crippen LogP contribution < -0.4 is 17.2 Å². The largest absolute Gasteiger partial charge is 0.507 e. The molecule has 0 bridgehead atoms. The summed E-state index contributed by atoms with van der Waals surface area (Å²) >= 11 is 0. The van der Waals surface area contributed by atoms with E-state index in [9.17, 15) is 9.90 Å². The average molecular weight is 593 g/mol. The van der Waals surface area contributed by atoms with E-state index in [1.165, 1.54) is 0 Å². The van der Waals surface area contributed by atoms with Crippen molar-refractivity contribution in [2.75, 3.05) is 52.5 Å². The van der Waals surface area contributed by atoms with Gasteiger partial charge in [-0.15, -0.1) is 0 Å². The summed E-state index contributed by atoms with van der Waals surface area (Å²) in [5, 5.41) is 10.3. The minimum atomic E-state index is -0.280. The van der Waals surface area contributed by atoms with Crippen molar-refractivity contribution in [3.63, 3.8) is 0 Å². The van der Waals surface area contributed by atoms with E-state index in [1.807, 2.05) is 43.0 Å². The van der Waals surface area contributed by atoms with E-state index in [4.69, 9.17) is 31.4 Å². The van der Waals surface area contributed by atoms with Gasteiger partial charge < -0.3 is 46.3 Å². The zero-order valence-electron chi connectivity index (χ0n) is 25.0. The van der Waals surface area contributed by atoms with Gasteiger partial charge in [0.25, 0.3) is 5.91 Å². The van der Waals surface area contributed by atoms with Crippen LogP contribution in [0, 0.1) is 0 Å². The van der Waals surface area contributed by atoms with Gasteiger partial charge >= 0.3 is 0 Å². The van der Waals surface area contributed by atoms with Gasteiger partial charge in [-0.05, 0) is 56.2 Å². The van der Waals surface area contributed by atoms with Crippen molar-refractivity contribution in [3.8, 4) is 5.75 Å². The van der Waals surface area contributed by atoms with Crippen molar-refractivity contribution in [1.82, 2.24) is 14.7 Å². The molecule has 1 amide bonds. The van der Waals surface area contributed by atoms with E-state index in [0.717, 1.165) is 44.8 Å². The van der Waals surface area contributed by atoms with Crippen molar-refractivity contribution >= 4 is 11.6 Å². The number of morpholine rings is 1. The maximum atomic E-state index is 13.3. The van der Waals surface area contributed by atoms with Crippen LogP contribution in [0.4, 0.5) is 0 Å². The molecule has 3 atom stereocenters. The number of hydrogen-bond acceptors (Lipinski definition) is 10. The lowest BCUT2D eigenvalue weighted by atomic mass is 10.00. The second-order valence-electron chi connectivity index (χ2n) is 11.4. The van der Waals surface area contributed by atoms with Gasteiger partial charge in [0.2, 0.25) is 0 Å². The van der Waals surface area contributed by atoms with Crippen LogP contribution in [0.3, 0.4) is 0 Å². The zero-order valence-corrected chi connectivity index (χ0v) is 25.0. The molecule has 0 spiro atoms. The summed E-state index contributed by atoms with van der Waals surface area (Å²) in [6.07, 6.45) is 2.04. The van der Waals surface area contributed by atoms with Gasteiger partial charge in [-0.3, -0.25) is 9.69 Å². The molecule has 7 N–H and O–H groups in total. The summed E-state index contributed by atoms with van der Waals surface area (Å²) in [6.45, 7) is 9.65. The first-order valence-corrected chi connectivity index (χ1v) is 15.0. The first-order valence-electron chi connectivity index (χ1n) is 15.0. The number of amides is 1. The maximum absolute atomic E-state index is 13.3. The number of aromatic hydroxyl groups is 1. The van der Waals surface area contributed by atoms with Crippen molar-refractivity contribution in [2.24, 2.45) is 17.2 Å². The molecular weight excluding hydrogens is 548 g/mol. The molecule has 5 rings (SSSR count). The molecule has 11 heteroatoms. The first kappa shape index (κ1) is 30.7. The highest BCUT2D eigenvalue weighted by Crippen LogP contribution is 2.33. The molecule has 0 radical (unpaired) electrons. The molecule has 2 aromatic carbocycles. The Morgan fingerprint density at radius 2 is 1.65 bits per heavy atom. The van der Waals surface area contributed by atoms with E-state index < -0.39 is 0 Å². The quantitative estimate of drug-likeness (QED) is 0.352. The summed E-state index contributed by atoms with van der Waals surface area (Å²) in [5.74, 6) is 0.223. The van der Waals surface area contributed by atoms with Gasteiger partial charge in [0.1, 0.15) is 17.7 Å². The number of allylic oxidation sites excluding steroid dienone is 1. The van der Waals surface area contributed by atoms with Crippen LogP contribution in [-0.4, -0.2) is 96.6 Å². The summed E-state index contributed by atoms with van der Waals surface area (Å²) in [6, 6.07) is 14.5. The van der Waals surface area contributed by atoms with Crippen LogP contribution in [0.5, 0.6) is 5.75 Å². The molecule has 11 nitrogen and oxygen atoms in total. The number of phenolic OH excluding ortho intramolecular Hbond substituents is 1. The highest BCUT2D eigenvalue weighted by Gasteiger charge is 2.34. The van der Waals surface area contributed by atoms with Crippen LogP contribution in [-0.2, 0) is 14.2 Å². The number of para-hydroxylation sites is 1. The number of benzene rings is 2. The minimum absolute atomic E-state index is 0.0236. The Balaban J connectivity index is 1.24. The molecule has 0 aromatic heterocycles. The number of carbonyl (C=O) groups excluding carboxylic acids is 1. The number of nitrogens with two attached hydrogens (primary N) is 3. The molecule has 232 valence electrons. The Kier molecular flexibility index (Phi) is 9.76. The lowest BCUT2D eigenvalue weighted by molar-refractivity contribution is -0.187. The number of piperazine rings is 1. The second-order valence-corrected chi connectivity index (χ2v) is 11.4. The summed E-state index contributed by atoms with van der Waals surface area (Å²) < 4.78 is 17.7. The van der Waals surface area contributed by atoms with Gasteiger partial charge in [-0.25, -0.2) is 0 Å². The van der Waals surface area contributed by atoms with E-state index in [1.54, 1.807) is 30.3 Å². The zero-order chi connectivity index (χ0) is 30.5. The molecule has 3 fully saturated rings. The molecule has 3 heterocycles. The third kappa shape index (κ3) is 7.24. The Bertz CT molecular complexity index is 1310. The monoisotopic (exact) mass is 592 g/mol. The number of hydrogen-bond donors (Lipinski definition) is 4. The van der Waals surface area contributed by atoms with Gasteiger partial charge in [-0.1, -0.05) is 24.3 Å². The molecule has 0 saturated carbocycles. The summed E-state index contributed by atoms with van der Waals surface area (Å²) in [7, 11) is 0. The van der Waals surface area contributed by atoms with Crippen molar-refractivity contribution < 1.29 is 24.1 Å². The van der Waals surface area contributed by atoms with E-state index in [0.29, 0.717) is 42.2 Å². The van der Waals surface area contributed by atoms with Crippen LogP contribution in [0.2, 0.25) is 0 Å². The Morgan fingerprint density at radius 3 is 2.30 bits per heavy atom. The fraction of sp³-hybridized carbons (Fsp3) is 0.469. The van der Waals surface area contributed by atoms with Crippen LogP contribution in [0.15, 0.2) is 66.1 Å². The predicted octanol–water partition coefficient (Wildman–Crippen LogP) is 2.15. The molecule has 43 heavy (non-hydrogen) atoms. The Hall–Kier alpha value is -3.77. The summed E-state index contributed by atoms with van der Waals surface area (Å²) in [4.78, 5) is 19.6. The third-order valence-corrected chi connectivity index (χ3v) is 8.52. The highest BCUT2D eigenvalue weighted by molar-refractivity contribution is 5.94. The lowest BCUT2D eigenvalue weighted by Gasteiger charge is -2.44. The molecule has 3 saturated heterocycles. The molecule has 0 unspecified atom stereocenters. The molecule has 0 aliphatic carbocycles. The minimum Gasteiger partial charge on any atom is -0.507 e. The SMILES string of the molecule is C[C@H]1O[C@@H](c2ccc(C(=O)N3CCN(CC4OCCCO4)CC3)cc2)CN(C(/C=C(\N)c2ccccc2O)=C(N)N)[C@H]1C. The van der Waals surface area contributed by atoms with Crippen molar-refractivity contribution in [3.05, 3.63) is 82.8 Å². The first-order chi connectivity index (χ1) is 20.7. The molecular formula is C32H44N6O5. The topological polar surface area (TPSA) is 153 Å². The second kappa shape index (κ2) is 13.7. The predicted molar refractivity (Wildman–Crippen MR) is 164 cm³/mol. The van der Waals surface area contributed by atoms with Crippen molar-refractivity contribution in [2.45, 2.75) is 44.8 Å². The standard InChI is InChI=1S/C32H44N6O5/c1-21-22(2)43-29(19-38(21)27(31(34)35)18-26(33)25-6-3-4-7-28(25)39)23-8-10-24(11-9-23)32(40)37-14-12-36(13-15-37)20-30-41-16-5-17-42-30/h3-4,6-11,18,21-22,29-30,39H,5,12-17,19-20,33-35H2,1-2H3/b26-18-/t21-,22+,29+/m0/s1. The van der Waals surface area contributed by atoms with E-state index in [2.05, 4.69) is 9.80 Å². The van der Waals surface area contributed by atoms with Gasteiger partial charge in [0, 0.05) is 56.1 Å². The van der Waals surface area contributed by atoms with Gasteiger partial charge in [0.05, 0.1) is 31.1 Å². The van der Waals surface area contributed by atoms with Crippen LogP contribution >= 0.6 is 0 Å². The lowest BCUT2D eigenvalue weighted by Crippen LogP contribution is -2.51.